The molecular formula is C32H40FN5O4. The lowest BCUT2D eigenvalue weighted by atomic mass is 9.93. The highest BCUT2D eigenvalue weighted by molar-refractivity contribution is 5.81. The van der Waals surface area contributed by atoms with Crippen molar-refractivity contribution in [2.24, 2.45) is 5.92 Å². The topological polar surface area (TPSA) is 106 Å². The van der Waals surface area contributed by atoms with E-state index in [1.807, 2.05) is 26.8 Å². The number of hydrogen-bond donors (Lipinski definition) is 2. The van der Waals surface area contributed by atoms with Crippen molar-refractivity contribution in [3.63, 3.8) is 0 Å². The summed E-state index contributed by atoms with van der Waals surface area (Å²) in [4.78, 5) is 37.3. The summed E-state index contributed by atoms with van der Waals surface area (Å²) < 4.78 is 24.6. The number of amides is 1. The van der Waals surface area contributed by atoms with Crippen molar-refractivity contribution >= 4 is 29.5 Å². The average molecular weight is 578 g/mol. The third-order valence-electron chi connectivity index (χ3n) is 7.13. The number of carbonyl (C=O) groups is 2. The monoisotopic (exact) mass is 577 g/mol. The van der Waals surface area contributed by atoms with Crippen molar-refractivity contribution in [1.82, 2.24) is 15.3 Å². The first-order valence-corrected chi connectivity index (χ1v) is 14.2. The van der Waals surface area contributed by atoms with E-state index < -0.39 is 23.7 Å². The number of carbonyl (C=O) groups excluding carboxylic acids is 2. The van der Waals surface area contributed by atoms with Gasteiger partial charge in [0.1, 0.15) is 29.9 Å². The zero-order valence-corrected chi connectivity index (χ0v) is 25.3. The lowest BCUT2D eigenvalue weighted by Gasteiger charge is -2.37. The van der Waals surface area contributed by atoms with Gasteiger partial charge in [-0.25, -0.2) is 19.0 Å². The summed E-state index contributed by atoms with van der Waals surface area (Å²) in [6.07, 6.45) is 0.172. The molecule has 2 aromatic carbocycles. The number of esters is 1. The molecule has 0 radical (unpaired) electrons. The van der Waals surface area contributed by atoms with Gasteiger partial charge in [0.05, 0.1) is 11.7 Å². The molecular weight excluding hydrogens is 537 g/mol. The SMILES string of the molecule is Cc1c(COC(=O)[C@@H](NC(=O)OC(C)(C)C)C(C)C)nc(Nc2ccc(F)cc2)nc1N1CCc2ccccc2C1C. The van der Waals surface area contributed by atoms with Crippen molar-refractivity contribution in [3.8, 4) is 0 Å². The second-order valence-electron chi connectivity index (χ2n) is 11.9. The third kappa shape index (κ3) is 7.54. The summed E-state index contributed by atoms with van der Waals surface area (Å²) >= 11 is 0. The third-order valence-corrected chi connectivity index (χ3v) is 7.13. The van der Waals surface area contributed by atoms with E-state index in [0.717, 1.165) is 24.3 Å². The molecule has 4 rings (SSSR count). The van der Waals surface area contributed by atoms with Crippen LogP contribution in [0.2, 0.25) is 0 Å². The molecule has 0 saturated heterocycles. The van der Waals surface area contributed by atoms with E-state index in [-0.39, 0.29) is 24.4 Å². The molecule has 224 valence electrons. The maximum Gasteiger partial charge on any atom is 0.408 e. The molecule has 0 spiro atoms. The van der Waals surface area contributed by atoms with Crippen LogP contribution in [0.1, 0.15) is 70.0 Å². The van der Waals surface area contributed by atoms with Gasteiger partial charge in [-0.1, -0.05) is 38.1 Å². The fourth-order valence-electron chi connectivity index (χ4n) is 4.91. The van der Waals surface area contributed by atoms with Crippen LogP contribution >= 0.6 is 0 Å². The maximum atomic E-state index is 13.5. The van der Waals surface area contributed by atoms with E-state index in [0.29, 0.717) is 17.3 Å². The predicted octanol–water partition coefficient (Wildman–Crippen LogP) is 6.38. The molecule has 1 unspecified atom stereocenters. The number of halogens is 1. The zero-order valence-electron chi connectivity index (χ0n) is 25.3. The number of benzene rings is 2. The molecule has 2 heterocycles. The van der Waals surface area contributed by atoms with Crippen LogP contribution in [-0.4, -0.2) is 40.2 Å². The van der Waals surface area contributed by atoms with Crippen molar-refractivity contribution < 1.29 is 23.5 Å². The Hall–Kier alpha value is -4.21. The van der Waals surface area contributed by atoms with Crippen LogP contribution in [0, 0.1) is 18.7 Å². The van der Waals surface area contributed by atoms with Gasteiger partial charge >= 0.3 is 12.1 Å². The smallest absolute Gasteiger partial charge is 0.408 e. The highest BCUT2D eigenvalue weighted by atomic mass is 19.1. The minimum Gasteiger partial charge on any atom is -0.458 e. The van der Waals surface area contributed by atoms with Gasteiger partial charge in [-0.15, -0.1) is 0 Å². The van der Waals surface area contributed by atoms with Crippen LogP contribution in [0.5, 0.6) is 0 Å². The van der Waals surface area contributed by atoms with Gasteiger partial charge in [0.25, 0.3) is 0 Å². The first-order chi connectivity index (χ1) is 19.8. The number of ether oxygens (including phenoxy) is 2. The number of nitrogens with zero attached hydrogens (tertiary/aromatic N) is 3. The van der Waals surface area contributed by atoms with Crippen LogP contribution in [-0.2, 0) is 27.3 Å². The van der Waals surface area contributed by atoms with Gasteiger partial charge in [-0.05, 0) is 82.3 Å². The van der Waals surface area contributed by atoms with Gasteiger partial charge in [0, 0.05) is 17.8 Å². The number of aromatic nitrogens is 2. The van der Waals surface area contributed by atoms with E-state index in [1.54, 1.807) is 32.9 Å². The predicted molar refractivity (Wildman–Crippen MR) is 160 cm³/mol. The normalized spacial score (nSPS) is 15.5. The first kappa shape index (κ1) is 30.7. The highest BCUT2D eigenvalue weighted by Gasteiger charge is 2.30. The van der Waals surface area contributed by atoms with Crippen LogP contribution < -0.4 is 15.5 Å². The number of fused-ring (bicyclic) bond motifs is 1. The quantitative estimate of drug-likeness (QED) is 0.297. The molecule has 2 atom stereocenters. The summed E-state index contributed by atoms with van der Waals surface area (Å²) in [6.45, 7) is 13.6. The summed E-state index contributed by atoms with van der Waals surface area (Å²) in [5.41, 5.74) is 3.75. The van der Waals surface area contributed by atoms with E-state index >= 15 is 0 Å². The second kappa shape index (κ2) is 12.8. The Morgan fingerprint density at radius 2 is 1.79 bits per heavy atom. The van der Waals surface area contributed by atoms with Gasteiger partial charge in [-0.2, -0.15) is 4.98 Å². The number of hydrogen-bond acceptors (Lipinski definition) is 8. The number of rotatable bonds is 8. The molecule has 42 heavy (non-hydrogen) atoms. The van der Waals surface area contributed by atoms with Gasteiger partial charge in [-0.3, -0.25) is 0 Å². The highest BCUT2D eigenvalue weighted by Crippen LogP contribution is 2.35. The minimum atomic E-state index is -0.906. The molecule has 0 fully saturated rings. The first-order valence-electron chi connectivity index (χ1n) is 14.2. The Labute approximate surface area is 246 Å². The van der Waals surface area contributed by atoms with Gasteiger partial charge < -0.3 is 25.0 Å². The number of alkyl carbamates (subject to hydrolysis) is 1. The standard InChI is InChI=1S/C32H40FN5O4/c1-19(2)27(36-31(40)42-32(5,6)7)29(39)41-18-26-20(3)28(37-30(35-26)34-24-14-12-23(33)13-15-24)38-17-16-22-10-8-9-11-25(22)21(38)4/h8-15,19,21,27H,16-18H2,1-7H3,(H,36,40)(H,34,35,37)/t21?,27-/m0/s1. The molecule has 2 N–H and O–H groups in total. The Morgan fingerprint density at radius 1 is 1.10 bits per heavy atom. The average Bonchev–Trinajstić information content (AvgIpc) is 2.92. The minimum absolute atomic E-state index is 0.0565. The molecule has 10 heteroatoms. The molecule has 0 saturated carbocycles. The number of nitrogens with one attached hydrogen (secondary N) is 2. The molecule has 0 bridgehead atoms. The summed E-state index contributed by atoms with van der Waals surface area (Å²) in [6, 6.07) is 13.4. The number of anilines is 3. The van der Waals surface area contributed by atoms with Gasteiger partial charge in [0.15, 0.2) is 0 Å². The lowest BCUT2D eigenvalue weighted by Crippen LogP contribution is -2.47. The molecule has 1 aliphatic heterocycles. The van der Waals surface area contributed by atoms with Crippen molar-refractivity contribution in [1.29, 1.82) is 0 Å². The molecule has 1 aromatic heterocycles. The van der Waals surface area contributed by atoms with Crippen LogP contribution in [0.4, 0.5) is 26.6 Å². The second-order valence-corrected chi connectivity index (χ2v) is 11.9. The molecule has 0 aliphatic carbocycles. The van der Waals surface area contributed by atoms with Crippen molar-refractivity contribution in [3.05, 3.63) is 76.7 Å². The molecule has 1 amide bonds. The van der Waals surface area contributed by atoms with Gasteiger partial charge in [0.2, 0.25) is 5.95 Å². The largest absolute Gasteiger partial charge is 0.458 e. The fraction of sp³-hybridized carbons (Fsp3) is 0.438. The molecule has 9 nitrogen and oxygen atoms in total. The van der Waals surface area contributed by atoms with Crippen molar-refractivity contribution in [2.45, 2.75) is 79.2 Å². The Morgan fingerprint density at radius 3 is 2.45 bits per heavy atom. The summed E-state index contributed by atoms with van der Waals surface area (Å²) in [5, 5.41) is 5.79. The van der Waals surface area contributed by atoms with E-state index in [1.165, 1.54) is 23.3 Å². The molecule has 1 aliphatic rings. The summed E-state index contributed by atoms with van der Waals surface area (Å²) in [7, 11) is 0. The van der Waals surface area contributed by atoms with E-state index in [9.17, 15) is 14.0 Å². The lowest BCUT2D eigenvalue weighted by molar-refractivity contribution is -0.148. The van der Waals surface area contributed by atoms with E-state index in [2.05, 4.69) is 45.6 Å². The Kier molecular flexibility index (Phi) is 9.33. The fourth-order valence-corrected chi connectivity index (χ4v) is 4.91. The van der Waals surface area contributed by atoms with Crippen molar-refractivity contribution in [2.75, 3.05) is 16.8 Å². The summed E-state index contributed by atoms with van der Waals surface area (Å²) in [5.74, 6) is -0.165. The zero-order chi connectivity index (χ0) is 30.6. The van der Waals surface area contributed by atoms with Crippen LogP contribution in [0.15, 0.2) is 48.5 Å². The Bertz CT molecular complexity index is 1420. The van der Waals surface area contributed by atoms with Crippen LogP contribution in [0.25, 0.3) is 0 Å². The molecule has 3 aromatic rings. The van der Waals surface area contributed by atoms with Crippen LogP contribution in [0.3, 0.4) is 0 Å². The van der Waals surface area contributed by atoms with E-state index in [4.69, 9.17) is 14.5 Å². The maximum absolute atomic E-state index is 13.5. The Balaban J connectivity index is 1.61.